The molecule has 1 N–H and O–H groups in total. The molecular weight excluding hydrogens is 1060 g/mol. The highest BCUT2D eigenvalue weighted by Crippen LogP contribution is 2.35. The van der Waals surface area contributed by atoms with Gasteiger partial charge in [0.1, 0.15) is 17.6 Å². The maximum atomic E-state index is 12.5. The van der Waals surface area contributed by atoms with Gasteiger partial charge in [-0.3, -0.25) is 4.90 Å². The average Bonchev–Trinajstić information content (AvgIpc) is 3.49. The summed E-state index contributed by atoms with van der Waals surface area (Å²) in [5, 5.41) is 10.3. The van der Waals surface area contributed by atoms with Crippen molar-refractivity contribution in [1.82, 2.24) is 4.90 Å². The Morgan fingerprint density at radius 1 is 0.395 bits per heavy atom. The minimum atomic E-state index is -0.948. The van der Waals surface area contributed by atoms with Gasteiger partial charge in [0, 0.05) is 26.4 Å². The lowest BCUT2D eigenvalue weighted by Gasteiger charge is -2.41. The Bertz CT molecular complexity index is 1710. The zero-order chi connectivity index (χ0) is 61.4. The van der Waals surface area contributed by atoms with Gasteiger partial charge in [-0.25, -0.2) is 4.79 Å². The Morgan fingerprint density at radius 3 is 0.930 bits per heavy atom. The number of methoxy groups -OCH3 is 1. The fourth-order valence-electron chi connectivity index (χ4n) is 13.3. The van der Waals surface area contributed by atoms with Crippen molar-refractivity contribution in [2.24, 2.45) is 5.92 Å². The topological polar surface area (TPSA) is 86.7 Å². The molecule has 8 nitrogen and oxygen atoms in total. The molecule has 0 radical (unpaired) electrons. The molecule has 1 aliphatic rings. The van der Waals surface area contributed by atoms with E-state index in [1.165, 1.54) is 294 Å². The summed E-state index contributed by atoms with van der Waals surface area (Å²) < 4.78 is 33.0. The minimum absolute atomic E-state index is 0.0331. The maximum absolute atomic E-state index is 12.5. The SMILES string of the molecule is CCCCCCCCCCCCCCCCCCOC1CC(COc2ccc(C(c3ccc(OC)cc3)N(CC)C(=O)O)cc2)CC(OCCCCCCCCCCCCCCCCCC)C1OCCCCCCCCCCCCCCCCCC. The first-order valence-electron chi connectivity index (χ1n) is 37.7. The molecular formula is C78H139NO7. The molecule has 86 heavy (non-hydrogen) atoms. The van der Waals surface area contributed by atoms with Crippen molar-refractivity contribution in [2.75, 3.05) is 40.1 Å². The number of benzene rings is 2. The molecule has 1 amide bonds. The van der Waals surface area contributed by atoms with Crippen LogP contribution in [0.4, 0.5) is 4.79 Å². The Labute approximate surface area is 532 Å². The standard InChI is InChI=1S/C78H139NO7/c1-6-10-13-16-19-22-25-28-31-34-37-40-43-46-49-52-63-83-74-66-69(68-86-73-61-57-71(58-62-73)76(79(9-4)78(80)81)70-55-59-72(82-5)60-56-70)67-75(84-64-53-50-47-44-41-38-35-32-29-26-23-20-17-14-11-7-2)77(74)85-65-54-51-48-45-42-39-36-33-30-27-24-21-18-15-12-8-3/h55-62,69,74-77H,6-54,63-68H2,1-5H3,(H,80,81). The Balaban J connectivity index is 1.59. The first-order valence-corrected chi connectivity index (χ1v) is 37.7. The normalized spacial score (nSPS) is 16.4. The van der Waals surface area contributed by atoms with Crippen LogP contribution in [0.1, 0.15) is 366 Å². The number of nitrogens with zero attached hydrogens (tertiary/aromatic N) is 1. The first kappa shape index (κ1) is 77.4. The lowest BCUT2D eigenvalue weighted by Crippen LogP contribution is -2.50. The highest BCUT2D eigenvalue weighted by molar-refractivity contribution is 5.67. The minimum Gasteiger partial charge on any atom is -0.497 e. The summed E-state index contributed by atoms with van der Waals surface area (Å²) in [6.07, 6.45) is 66.1. The quantitative estimate of drug-likeness (QED) is 0.0660. The Morgan fingerprint density at radius 2 is 0.663 bits per heavy atom. The van der Waals surface area contributed by atoms with Crippen molar-refractivity contribution in [3.8, 4) is 11.5 Å². The highest BCUT2D eigenvalue weighted by atomic mass is 16.6. The third-order valence-corrected chi connectivity index (χ3v) is 18.8. The monoisotopic (exact) mass is 1200 g/mol. The second-order valence-corrected chi connectivity index (χ2v) is 26.5. The molecule has 1 fully saturated rings. The molecule has 3 unspecified atom stereocenters. The Hall–Kier alpha value is -2.81. The molecule has 3 rings (SSSR count). The number of carboxylic acid groups (broad SMARTS) is 1. The predicted octanol–water partition coefficient (Wildman–Crippen LogP) is 24.5. The number of amides is 1. The summed E-state index contributed by atoms with van der Waals surface area (Å²) in [7, 11) is 1.65. The van der Waals surface area contributed by atoms with E-state index in [0.29, 0.717) is 13.2 Å². The van der Waals surface area contributed by atoms with Gasteiger partial charge in [-0.15, -0.1) is 0 Å². The van der Waals surface area contributed by atoms with E-state index < -0.39 is 12.1 Å². The highest BCUT2D eigenvalue weighted by Gasteiger charge is 2.40. The molecule has 2 aromatic rings. The van der Waals surface area contributed by atoms with E-state index in [1.807, 2.05) is 55.5 Å². The van der Waals surface area contributed by atoms with Crippen molar-refractivity contribution in [3.05, 3.63) is 59.7 Å². The van der Waals surface area contributed by atoms with E-state index in [-0.39, 0.29) is 24.2 Å². The largest absolute Gasteiger partial charge is 0.497 e. The molecule has 0 bridgehead atoms. The number of ether oxygens (including phenoxy) is 5. The van der Waals surface area contributed by atoms with Crippen molar-refractivity contribution in [1.29, 1.82) is 0 Å². The van der Waals surface area contributed by atoms with Crippen LogP contribution in [-0.2, 0) is 14.2 Å². The van der Waals surface area contributed by atoms with Crippen LogP contribution in [0.2, 0.25) is 0 Å². The van der Waals surface area contributed by atoms with E-state index in [0.717, 1.165) is 74.6 Å². The predicted molar refractivity (Wildman–Crippen MR) is 368 cm³/mol. The number of rotatable bonds is 62. The van der Waals surface area contributed by atoms with Gasteiger partial charge in [-0.05, 0) is 80.3 Å². The fraction of sp³-hybridized carbons (Fsp3) is 0.833. The van der Waals surface area contributed by atoms with Crippen LogP contribution >= 0.6 is 0 Å². The smallest absolute Gasteiger partial charge is 0.408 e. The van der Waals surface area contributed by atoms with Crippen LogP contribution in [0.15, 0.2) is 48.5 Å². The van der Waals surface area contributed by atoms with Gasteiger partial charge >= 0.3 is 6.09 Å². The zero-order valence-corrected chi connectivity index (χ0v) is 57.2. The number of hydrogen-bond donors (Lipinski definition) is 1. The van der Waals surface area contributed by atoms with E-state index >= 15 is 0 Å². The summed E-state index contributed by atoms with van der Waals surface area (Å²) in [6.45, 7) is 12.0. The van der Waals surface area contributed by atoms with Crippen molar-refractivity contribution in [3.63, 3.8) is 0 Å². The molecule has 0 aliphatic heterocycles. The van der Waals surface area contributed by atoms with Gasteiger partial charge in [-0.2, -0.15) is 0 Å². The number of unbranched alkanes of at least 4 members (excludes halogenated alkanes) is 45. The molecule has 2 aromatic carbocycles. The van der Waals surface area contributed by atoms with Gasteiger partial charge in [0.05, 0.1) is 32.0 Å². The van der Waals surface area contributed by atoms with Gasteiger partial charge in [0.2, 0.25) is 0 Å². The van der Waals surface area contributed by atoms with E-state index in [1.54, 1.807) is 7.11 Å². The van der Waals surface area contributed by atoms with Crippen LogP contribution < -0.4 is 9.47 Å². The summed E-state index contributed by atoms with van der Waals surface area (Å²) in [4.78, 5) is 14.0. The lowest BCUT2D eigenvalue weighted by molar-refractivity contribution is -0.172. The molecule has 0 aromatic heterocycles. The van der Waals surface area contributed by atoms with Gasteiger partial charge in [0.15, 0.2) is 0 Å². The fourth-order valence-corrected chi connectivity index (χ4v) is 13.3. The van der Waals surface area contributed by atoms with Crippen LogP contribution in [0.3, 0.4) is 0 Å². The summed E-state index contributed by atoms with van der Waals surface area (Å²) >= 11 is 0. The molecule has 0 heterocycles. The third-order valence-electron chi connectivity index (χ3n) is 18.8. The Kier molecular flexibility index (Phi) is 50.6. The summed E-state index contributed by atoms with van der Waals surface area (Å²) in [5.41, 5.74) is 1.80. The third kappa shape index (κ3) is 39.3. The van der Waals surface area contributed by atoms with Crippen molar-refractivity contribution in [2.45, 2.75) is 373 Å². The molecule has 1 saturated carbocycles. The van der Waals surface area contributed by atoms with Gasteiger partial charge in [0.25, 0.3) is 0 Å². The van der Waals surface area contributed by atoms with Gasteiger partial charge < -0.3 is 28.8 Å². The molecule has 498 valence electrons. The van der Waals surface area contributed by atoms with E-state index in [4.69, 9.17) is 23.7 Å². The van der Waals surface area contributed by atoms with Crippen molar-refractivity contribution >= 4 is 6.09 Å². The second-order valence-electron chi connectivity index (χ2n) is 26.5. The van der Waals surface area contributed by atoms with E-state index in [2.05, 4.69) is 20.8 Å². The molecule has 8 heteroatoms. The van der Waals surface area contributed by atoms with Crippen LogP contribution in [0, 0.1) is 5.92 Å². The molecule has 0 saturated heterocycles. The number of carbonyl (C=O) groups is 1. The van der Waals surface area contributed by atoms with Crippen LogP contribution in [0.25, 0.3) is 0 Å². The molecule has 1 aliphatic carbocycles. The van der Waals surface area contributed by atoms with Crippen LogP contribution in [-0.4, -0.2) is 74.5 Å². The average molecular weight is 1200 g/mol. The van der Waals surface area contributed by atoms with Crippen molar-refractivity contribution < 1.29 is 33.6 Å². The van der Waals surface area contributed by atoms with E-state index in [9.17, 15) is 9.90 Å². The zero-order valence-electron chi connectivity index (χ0n) is 57.2. The van der Waals surface area contributed by atoms with Gasteiger partial charge in [-0.1, -0.05) is 334 Å². The summed E-state index contributed by atoms with van der Waals surface area (Å²) in [6, 6.07) is 15.3. The second kappa shape index (κ2) is 56.2. The molecule has 3 atom stereocenters. The first-order chi connectivity index (χ1) is 42.4. The maximum Gasteiger partial charge on any atom is 0.408 e. The molecule has 0 spiro atoms. The lowest BCUT2D eigenvalue weighted by atomic mass is 9.83. The summed E-state index contributed by atoms with van der Waals surface area (Å²) in [5.74, 6) is 1.79. The number of hydrogen-bond acceptors (Lipinski definition) is 6. The van der Waals surface area contributed by atoms with Crippen LogP contribution in [0.5, 0.6) is 11.5 Å².